The highest BCUT2D eigenvalue weighted by Crippen LogP contribution is 2.27. The second-order valence-electron chi connectivity index (χ2n) is 11.1. The van der Waals surface area contributed by atoms with Gasteiger partial charge in [-0.05, 0) is 75.2 Å². The van der Waals surface area contributed by atoms with E-state index in [2.05, 4.69) is 48.2 Å². The fourth-order valence-electron chi connectivity index (χ4n) is 5.84. The highest BCUT2D eigenvalue weighted by atomic mass is 15.1. The van der Waals surface area contributed by atoms with Gasteiger partial charge in [-0.2, -0.15) is 21.0 Å². The molecular weight excluding hydrogens is 496 g/mol. The fourth-order valence-corrected chi connectivity index (χ4v) is 5.84. The fraction of sp³-hybridized carbons (Fsp3) is 0.500. The number of benzene rings is 2. The third kappa shape index (κ3) is 7.97. The molecule has 0 radical (unpaired) electrons. The first kappa shape index (κ1) is 30.5. The summed E-state index contributed by atoms with van der Waals surface area (Å²) < 4.78 is 0. The molecule has 0 amide bonds. The van der Waals surface area contributed by atoms with Crippen molar-refractivity contribution in [2.24, 2.45) is 0 Å². The molecule has 2 saturated carbocycles. The molecule has 0 heterocycles. The summed E-state index contributed by atoms with van der Waals surface area (Å²) in [5.74, 6) is 0. The quantitative estimate of drug-likeness (QED) is 0.455. The molecule has 4 rings (SSSR count). The Morgan fingerprint density at radius 2 is 0.950 bits per heavy atom. The van der Waals surface area contributed by atoms with Gasteiger partial charge in [0.1, 0.15) is 12.1 Å². The standard InChI is InChI=1S/2C16H20N4/c2*1-20(15-5-3-2-4-6-15)11-14-8-12(9-17)7-13(10-18)16(14)19/h2*7-8,15H,2-6,11,19H2,1H3. The number of hydrogen-bond acceptors (Lipinski definition) is 8. The van der Waals surface area contributed by atoms with Crippen molar-refractivity contribution in [3.63, 3.8) is 0 Å². The molecule has 8 heteroatoms. The number of hydrogen-bond donors (Lipinski definition) is 2. The van der Waals surface area contributed by atoms with Crippen molar-refractivity contribution >= 4 is 11.4 Å². The molecule has 2 aliphatic rings. The monoisotopic (exact) mass is 536 g/mol. The minimum Gasteiger partial charge on any atom is -0.397 e. The zero-order valence-corrected chi connectivity index (χ0v) is 23.8. The molecule has 40 heavy (non-hydrogen) atoms. The van der Waals surface area contributed by atoms with Gasteiger partial charge in [0, 0.05) is 25.2 Å². The average molecular weight is 537 g/mol. The molecule has 4 N–H and O–H groups in total. The van der Waals surface area contributed by atoms with E-state index in [4.69, 9.17) is 32.5 Å². The van der Waals surface area contributed by atoms with Crippen LogP contribution in [0.4, 0.5) is 11.4 Å². The second-order valence-corrected chi connectivity index (χ2v) is 11.1. The van der Waals surface area contributed by atoms with Gasteiger partial charge in [-0.15, -0.1) is 0 Å². The minimum atomic E-state index is 0.399. The third-order valence-electron chi connectivity index (χ3n) is 8.27. The summed E-state index contributed by atoms with van der Waals surface area (Å²) in [5, 5.41) is 36.3. The van der Waals surface area contributed by atoms with E-state index in [9.17, 15) is 0 Å². The summed E-state index contributed by atoms with van der Waals surface area (Å²) in [4.78, 5) is 4.60. The van der Waals surface area contributed by atoms with E-state index in [1.165, 1.54) is 64.2 Å². The van der Waals surface area contributed by atoms with Gasteiger partial charge in [0.15, 0.2) is 0 Å². The Morgan fingerprint density at radius 3 is 1.25 bits per heavy atom. The van der Waals surface area contributed by atoms with Crippen LogP contribution < -0.4 is 11.5 Å². The van der Waals surface area contributed by atoms with Crippen LogP contribution in [0.3, 0.4) is 0 Å². The number of anilines is 2. The van der Waals surface area contributed by atoms with E-state index < -0.39 is 0 Å². The molecule has 0 saturated heterocycles. The normalized spacial score (nSPS) is 15.8. The highest BCUT2D eigenvalue weighted by molar-refractivity contribution is 5.63. The number of nitrogens with zero attached hydrogens (tertiary/aromatic N) is 6. The van der Waals surface area contributed by atoms with Gasteiger partial charge in [0.25, 0.3) is 0 Å². The lowest BCUT2D eigenvalue weighted by molar-refractivity contribution is 0.185. The molecule has 0 aliphatic heterocycles. The van der Waals surface area contributed by atoms with Gasteiger partial charge in [0.05, 0.1) is 45.8 Å². The molecule has 2 aliphatic carbocycles. The number of rotatable bonds is 6. The summed E-state index contributed by atoms with van der Waals surface area (Å²) in [6, 6.07) is 16.2. The molecule has 2 fully saturated rings. The molecule has 2 aromatic carbocycles. The van der Waals surface area contributed by atoms with Crippen LogP contribution in [0.15, 0.2) is 24.3 Å². The van der Waals surface area contributed by atoms with Crippen LogP contribution >= 0.6 is 0 Å². The van der Waals surface area contributed by atoms with Gasteiger partial charge in [-0.3, -0.25) is 9.80 Å². The summed E-state index contributed by atoms with van der Waals surface area (Å²) in [7, 11) is 4.20. The molecule has 0 unspecified atom stereocenters. The number of nitrogen functional groups attached to an aromatic ring is 2. The number of nitriles is 4. The Hall–Kier alpha value is -4.08. The number of nitrogens with two attached hydrogens (primary N) is 2. The van der Waals surface area contributed by atoms with Crippen LogP contribution in [0.2, 0.25) is 0 Å². The van der Waals surface area contributed by atoms with E-state index in [1.54, 1.807) is 24.3 Å². The average Bonchev–Trinajstić information content (AvgIpc) is 3.00. The topological polar surface area (TPSA) is 154 Å². The molecule has 8 nitrogen and oxygen atoms in total. The summed E-state index contributed by atoms with van der Waals surface area (Å²) in [5.41, 5.74) is 16.7. The lowest BCUT2D eigenvalue weighted by Gasteiger charge is -2.31. The van der Waals surface area contributed by atoms with Gasteiger partial charge in [0.2, 0.25) is 0 Å². The van der Waals surface area contributed by atoms with Gasteiger partial charge < -0.3 is 11.5 Å². The molecule has 208 valence electrons. The first-order valence-electron chi connectivity index (χ1n) is 14.2. The Morgan fingerprint density at radius 1 is 0.600 bits per heavy atom. The SMILES string of the molecule is CN(Cc1cc(C#N)cc(C#N)c1N)C1CCCCC1.CN(Cc1cc(C#N)cc(C#N)c1N)C1CCCCC1. The Bertz CT molecular complexity index is 1220. The van der Waals surface area contributed by atoms with Crippen LogP contribution in [0.1, 0.15) is 97.6 Å². The molecule has 0 aromatic heterocycles. The van der Waals surface area contributed by atoms with Gasteiger partial charge in [-0.1, -0.05) is 38.5 Å². The lowest BCUT2D eigenvalue weighted by Crippen LogP contribution is -2.33. The van der Waals surface area contributed by atoms with E-state index in [1.807, 2.05) is 0 Å². The Balaban J connectivity index is 0.000000220. The van der Waals surface area contributed by atoms with E-state index >= 15 is 0 Å². The molecular formula is C32H40N8. The van der Waals surface area contributed by atoms with Crippen LogP contribution in [-0.4, -0.2) is 36.0 Å². The molecule has 2 aromatic rings. The molecule has 0 atom stereocenters. The summed E-state index contributed by atoms with van der Waals surface area (Å²) in [6.45, 7) is 1.39. The highest BCUT2D eigenvalue weighted by Gasteiger charge is 2.21. The predicted octanol–water partition coefficient (Wildman–Crippen LogP) is 5.55. The van der Waals surface area contributed by atoms with E-state index in [0.717, 1.165) is 11.1 Å². The van der Waals surface area contributed by atoms with Crippen molar-refractivity contribution in [2.45, 2.75) is 89.4 Å². The van der Waals surface area contributed by atoms with E-state index in [0.29, 0.717) is 58.8 Å². The van der Waals surface area contributed by atoms with Crippen LogP contribution in [0.5, 0.6) is 0 Å². The third-order valence-corrected chi connectivity index (χ3v) is 8.27. The smallest absolute Gasteiger partial charge is 0.101 e. The van der Waals surface area contributed by atoms with Crippen molar-refractivity contribution in [2.75, 3.05) is 25.6 Å². The predicted molar refractivity (Wildman–Crippen MR) is 157 cm³/mol. The molecule has 0 spiro atoms. The van der Waals surface area contributed by atoms with Crippen molar-refractivity contribution in [1.29, 1.82) is 21.0 Å². The zero-order valence-electron chi connectivity index (χ0n) is 23.8. The first-order valence-corrected chi connectivity index (χ1v) is 14.2. The zero-order chi connectivity index (χ0) is 29.1. The maximum Gasteiger partial charge on any atom is 0.101 e. The van der Waals surface area contributed by atoms with Gasteiger partial charge >= 0.3 is 0 Å². The van der Waals surface area contributed by atoms with Crippen LogP contribution in [0.25, 0.3) is 0 Å². The maximum atomic E-state index is 9.09. The van der Waals surface area contributed by atoms with E-state index in [-0.39, 0.29) is 0 Å². The Labute approximate surface area is 239 Å². The first-order chi connectivity index (χ1) is 19.3. The van der Waals surface area contributed by atoms with Crippen LogP contribution in [-0.2, 0) is 13.1 Å². The van der Waals surface area contributed by atoms with Crippen molar-refractivity contribution < 1.29 is 0 Å². The van der Waals surface area contributed by atoms with Crippen molar-refractivity contribution in [3.05, 3.63) is 57.6 Å². The summed E-state index contributed by atoms with van der Waals surface area (Å²) >= 11 is 0. The largest absolute Gasteiger partial charge is 0.397 e. The lowest BCUT2D eigenvalue weighted by atomic mass is 9.94. The summed E-state index contributed by atoms with van der Waals surface area (Å²) in [6.07, 6.45) is 12.7. The maximum absolute atomic E-state index is 9.09. The van der Waals surface area contributed by atoms with Crippen molar-refractivity contribution in [3.8, 4) is 24.3 Å². The molecule has 0 bridgehead atoms. The second kappa shape index (κ2) is 14.9. The minimum absolute atomic E-state index is 0.399. The van der Waals surface area contributed by atoms with Gasteiger partial charge in [-0.25, -0.2) is 0 Å². The van der Waals surface area contributed by atoms with Crippen molar-refractivity contribution in [1.82, 2.24) is 9.80 Å². The van der Waals surface area contributed by atoms with Crippen LogP contribution in [0, 0.1) is 45.3 Å². The Kier molecular flexibility index (Phi) is 11.4.